The van der Waals surface area contributed by atoms with Crippen molar-refractivity contribution in [3.8, 4) is 0 Å². The largest absolute Gasteiger partial charge is 0.302 e. The number of nitrogens with zero attached hydrogens (tertiary/aromatic N) is 1. The summed E-state index contributed by atoms with van der Waals surface area (Å²) < 4.78 is 0. The molecule has 0 saturated carbocycles. The molecule has 0 saturated heterocycles. The van der Waals surface area contributed by atoms with Crippen LogP contribution in [-0.4, -0.2) is 11.6 Å². The van der Waals surface area contributed by atoms with Crippen LogP contribution in [-0.2, 0) is 0 Å². The van der Waals surface area contributed by atoms with Gasteiger partial charge in [-0.2, -0.15) is 4.83 Å². The molecule has 1 aliphatic heterocycles. The fourth-order valence-electron chi connectivity index (χ4n) is 1.08. The average molecular weight is 203 g/mol. The molecule has 71 valence electrons. The van der Waals surface area contributed by atoms with Crippen LogP contribution in [0.1, 0.15) is 0 Å². The molecular weight excluding hydrogens is 192 g/mol. The van der Waals surface area contributed by atoms with E-state index in [9.17, 15) is 0 Å². The number of nitrogens with one attached hydrogen (secondary N) is 1. The molecule has 14 heavy (non-hydrogen) atoms. The Morgan fingerprint density at radius 3 is 3.07 bits per heavy atom. The molecule has 0 fully saturated rings. The van der Waals surface area contributed by atoms with E-state index in [1.165, 1.54) is 0 Å². The normalized spacial score (nSPS) is 14.7. The molecule has 1 aromatic carbocycles. The zero-order chi connectivity index (χ0) is 9.64. The molecule has 0 atom stereocenters. The summed E-state index contributed by atoms with van der Waals surface area (Å²) in [5.74, 6) is 0. The maximum absolute atomic E-state index is 3.22. The van der Waals surface area contributed by atoms with E-state index in [2.05, 4.69) is 17.0 Å². The van der Waals surface area contributed by atoms with Gasteiger partial charge in [-0.05, 0) is 30.2 Å². The van der Waals surface area contributed by atoms with Gasteiger partial charge in [0.05, 0.1) is 6.54 Å². The molecule has 1 radical (unpaired) electrons. The van der Waals surface area contributed by atoms with Crippen LogP contribution in [0.15, 0.2) is 53.6 Å². The number of benzene rings is 1. The number of hydrogen-bond donors (Lipinski definition) is 1. The first-order chi connectivity index (χ1) is 6.95. The molecule has 1 aromatic rings. The molecule has 1 heterocycles. The number of allylic oxidation sites excluding steroid dienone is 2. The standard InChI is InChI=1S/C11H11N2S/c1-3-7-11(8-4-1)14-12-13-9-5-2-6-10-13/h1-7,9,12H,10H2. The van der Waals surface area contributed by atoms with Crippen LogP contribution in [0.2, 0.25) is 0 Å². The number of hydrogen-bond acceptors (Lipinski definition) is 3. The van der Waals surface area contributed by atoms with Crippen molar-refractivity contribution in [2.75, 3.05) is 6.54 Å². The van der Waals surface area contributed by atoms with E-state index in [-0.39, 0.29) is 0 Å². The zero-order valence-electron chi connectivity index (χ0n) is 7.68. The van der Waals surface area contributed by atoms with Crippen molar-refractivity contribution in [3.63, 3.8) is 0 Å². The highest BCUT2D eigenvalue weighted by Gasteiger charge is 1.99. The van der Waals surface area contributed by atoms with E-state index in [4.69, 9.17) is 0 Å². The highest BCUT2D eigenvalue weighted by molar-refractivity contribution is 7.97. The van der Waals surface area contributed by atoms with Crippen LogP contribution in [0.25, 0.3) is 0 Å². The smallest absolute Gasteiger partial charge is 0.0530 e. The second kappa shape index (κ2) is 4.88. The van der Waals surface area contributed by atoms with Crippen LogP contribution >= 0.6 is 11.9 Å². The predicted octanol–water partition coefficient (Wildman–Crippen LogP) is 2.38. The molecule has 3 heteroatoms. The Kier molecular flexibility index (Phi) is 3.27. The quantitative estimate of drug-likeness (QED) is 0.759. The summed E-state index contributed by atoms with van der Waals surface area (Å²) >= 11 is 1.56. The number of rotatable bonds is 3. The van der Waals surface area contributed by atoms with Gasteiger partial charge in [-0.3, -0.25) is 0 Å². The van der Waals surface area contributed by atoms with E-state index in [0.29, 0.717) is 0 Å². The Bertz CT molecular complexity index is 332. The minimum atomic E-state index is 0.899. The lowest BCUT2D eigenvalue weighted by molar-refractivity contribution is 0.389. The van der Waals surface area contributed by atoms with Crippen LogP contribution < -0.4 is 4.83 Å². The minimum Gasteiger partial charge on any atom is -0.302 e. The first-order valence-electron chi connectivity index (χ1n) is 4.44. The van der Waals surface area contributed by atoms with Crippen molar-refractivity contribution >= 4 is 11.9 Å². The first-order valence-corrected chi connectivity index (χ1v) is 5.26. The molecule has 2 rings (SSSR count). The van der Waals surface area contributed by atoms with Gasteiger partial charge in [-0.1, -0.05) is 30.4 Å². The van der Waals surface area contributed by atoms with Gasteiger partial charge in [0.25, 0.3) is 0 Å². The molecule has 1 aliphatic rings. The summed E-state index contributed by atoms with van der Waals surface area (Å²) in [5, 5.41) is 2.02. The topological polar surface area (TPSA) is 15.3 Å². The molecule has 0 bridgehead atoms. The van der Waals surface area contributed by atoms with Crippen molar-refractivity contribution in [2.24, 2.45) is 0 Å². The van der Waals surface area contributed by atoms with E-state index >= 15 is 0 Å². The Morgan fingerprint density at radius 1 is 1.36 bits per heavy atom. The SMILES string of the molecule is [c]1ccccc1SNN1C=CC=CC1. The zero-order valence-corrected chi connectivity index (χ0v) is 8.50. The van der Waals surface area contributed by atoms with Crippen molar-refractivity contribution < 1.29 is 0 Å². The molecule has 0 amide bonds. The van der Waals surface area contributed by atoms with Crippen LogP contribution in [0.5, 0.6) is 0 Å². The molecule has 0 unspecified atom stereocenters. The third kappa shape index (κ3) is 2.65. The fourth-order valence-corrected chi connectivity index (χ4v) is 1.71. The maximum atomic E-state index is 3.22. The lowest BCUT2D eigenvalue weighted by Crippen LogP contribution is -2.28. The summed E-state index contributed by atoms with van der Waals surface area (Å²) in [6.07, 6.45) is 8.15. The van der Waals surface area contributed by atoms with Crippen LogP contribution in [0, 0.1) is 6.07 Å². The molecule has 0 aromatic heterocycles. The third-order valence-corrected chi connectivity index (χ3v) is 2.57. The summed E-state index contributed by atoms with van der Waals surface area (Å²) in [6, 6.07) is 11.1. The Morgan fingerprint density at radius 2 is 2.36 bits per heavy atom. The summed E-state index contributed by atoms with van der Waals surface area (Å²) in [4.78, 5) is 4.31. The highest BCUT2D eigenvalue weighted by atomic mass is 32.2. The van der Waals surface area contributed by atoms with E-state index in [0.717, 1.165) is 11.4 Å². The molecular formula is C11H11N2S. The lowest BCUT2D eigenvalue weighted by atomic mass is 10.4. The van der Waals surface area contributed by atoms with Gasteiger partial charge >= 0.3 is 0 Å². The Balaban J connectivity index is 1.83. The predicted molar refractivity (Wildman–Crippen MR) is 59.3 cm³/mol. The molecule has 1 N–H and O–H groups in total. The Hall–Kier alpha value is -1.19. The minimum absolute atomic E-state index is 0.899. The molecule has 0 aliphatic carbocycles. The second-order valence-electron chi connectivity index (χ2n) is 2.84. The maximum Gasteiger partial charge on any atom is 0.0530 e. The van der Waals surface area contributed by atoms with Crippen LogP contribution in [0.3, 0.4) is 0 Å². The first kappa shape index (κ1) is 9.37. The van der Waals surface area contributed by atoms with Gasteiger partial charge < -0.3 is 5.01 Å². The van der Waals surface area contributed by atoms with Crippen molar-refractivity contribution in [1.82, 2.24) is 9.84 Å². The van der Waals surface area contributed by atoms with Gasteiger partial charge in [0.15, 0.2) is 0 Å². The molecule has 2 nitrogen and oxygen atoms in total. The van der Waals surface area contributed by atoms with E-state index < -0.39 is 0 Å². The van der Waals surface area contributed by atoms with E-state index in [1.807, 2.05) is 47.6 Å². The average Bonchev–Trinajstić information content (AvgIpc) is 2.29. The fraction of sp³-hybridized carbons (Fsp3) is 0.0909. The second-order valence-corrected chi connectivity index (χ2v) is 3.67. The van der Waals surface area contributed by atoms with Gasteiger partial charge in [-0.15, -0.1) is 0 Å². The van der Waals surface area contributed by atoms with E-state index in [1.54, 1.807) is 11.9 Å². The monoisotopic (exact) mass is 203 g/mol. The van der Waals surface area contributed by atoms with Gasteiger partial charge in [0.1, 0.15) is 0 Å². The summed E-state index contributed by atoms with van der Waals surface area (Å²) in [6.45, 7) is 0.899. The highest BCUT2D eigenvalue weighted by Crippen LogP contribution is 2.13. The van der Waals surface area contributed by atoms with Gasteiger partial charge in [-0.25, -0.2) is 0 Å². The molecule has 0 spiro atoms. The van der Waals surface area contributed by atoms with Crippen molar-refractivity contribution in [1.29, 1.82) is 0 Å². The Labute approximate surface area is 88.4 Å². The lowest BCUT2D eigenvalue weighted by Gasteiger charge is -2.20. The number of hydrazine groups is 1. The van der Waals surface area contributed by atoms with Gasteiger partial charge in [0.2, 0.25) is 0 Å². The van der Waals surface area contributed by atoms with Crippen LogP contribution in [0.4, 0.5) is 0 Å². The summed E-state index contributed by atoms with van der Waals surface area (Å²) in [5.41, 5.74) is 0. The van der Waals surface area contributed by atoms with Crippen molar-refractivity contribution in [2.45, 2.75) is 4.90 Å². The van der Waals surface area contributed by atoms with Gasteiger partial charge in [0, 0.05) is 11.1 Å². The van der Waals surface area contributed by atoms with Crippen molar-refractivity contribution in [3.05, 3.63) is 54.8 Å². The third-order valence-electron chi connectivity index (χ3n) is 1.77. The summed E-state index contributed by atoms with van der Waals surface area (Å²) in [7, 11) is 0.